The molecule has 0 bridgehead atoms. The Labute approximate surface area is 119 Å². The van der Waals surface area contributed by atoms with Crippen LogP contribution in [0.25, 0.3) is 0 Å². The summed E-state index contributed by atoms with van der Waals surface area (Å²) in [6.45, 7) is 2.15. The molecule has 0 amide bonds. The van der Waals surface area contributed by atoms with Gasteiger partial charge >= 0.3 is 0 Å². The van der Waals surface area contributed by atoms with Crippen LogP contribution in [0.5, 0.6) is 0 Å². The van der Waals surface area contributed by atoms with Crippen LogP contribution in [-0.2, 0) is 24.8 Å². The molecule has 2 aromatic rings. The summed E-state index contributed by atoms with van der Waals surface area (Å²) in [6.07, 6.45) is 6.03. The van der Waals surface area contributed by atoms with Gasteiger partial charge in [0.15, 0.2) is 0 Å². The third kappa shape index (κ3) is 2.75. The molecule has 0 radical (unpaired) electrons. The van der Waals surface area contributed by atoms with Gasteiger partial charge in [0.2, 0.25) is 0 Å². The summed E-state index contributed by atoms with van der Waals surface area (Å²) >= 11 is 1.74. The van der Waals surface area contributed by atoms with E-state index in [1.165, 1.54) is 47.9 Å². The lowest BCUT2D eigenvalue weighted by atomic mass is 9.83. The van der Waals surface area contributed by atoms with Gasteiger partial charge in [0.1, 0.15) is 0 Å². The molecular weight excluding hydrogens is 250 g/mol. The van der Waals surface area contributed by atoms with Crippen LogP contribution in [0, 0.1) is 0 Å². The van der Waals surface area contributed by atoms with Crippen LogP contribution >= 0.6 is 11.3 Å². The number of rotatable bonds is 3. The van der Waals surface area contributed by atoms with Crippen molar-refractivity contribution in [2.75, 3.05) is 0 Å². The van der Waals surface area contributed by atoms with Crippen LogP contribution in [0.3, 0.4) is 0 Å². The zero-order valence-corrected chi connectivity index (χ0v) is 12.3. The number of fused-ring (bicyclic) bond motifs is 1. The second-order valence-corrected chi connectivity index (χ2v) is 6.70. The van der Waals surface area contributed by atoms with Crippen LogP contribution in [0.15, 0.2) is 35.0 Å². The van der Waals surface area contributed by atoms with Crippen molar-refractivity contribution in [1.82, 2.24) is 0 Å². The first-order chi connectivity index (χ1) is 9.15. The molecule has 1 heterocycles. The molecule has 3 rings (SSSR count). The molecule has 1 aliphatic rings. The topological polar surface area (TPSA) is 26.0 Å². The first-order valence-corrected chi connectivity index (χ1v) is 8.02. The molecule has 2 heteroatoms. The summed E-state index contributed by atoms with van der Waals surface area (Å²) in [5.41, 5.74) is 12.0. The summed E-state index contributed by atoms with van der Waals surface area (Å²) in [4.78, 5) is 0. The Morgan fingerprint density at radius 3 is 2.68 bits per heavy atom. The van der Waals surface area contributed by atoms with Crippen molar-refractivity contribution in [2.45, 2.75) is 44.6 Å². The van der Waals surface area contributed by atoms with E-state index in [0.29, 0.717) is 0 Å². The molecule has 0 spiro atoms. The van der Waals surface area contributed by atoms with E-state index in [1.807, 2.05) is 0 Å². The summed E-state index contributed by atoms with van der Waals surface area (Å²) in [5.74, 6) is 0. The minimum Gasteiger partial charge on any atom is -0.321 e. The van der Waals surface area contributed by atoms with Crippen molar-refractivity contribution in [3.8, 4) is 0 Å². The van der Waals surface area contributed by atoms with Gasteiger partial charge in [-0.25, -0.2) is 0 Å². The Kier molecular flexibility index (Phi) is 3.46. The molecular formula is C17H21NS. The molecule has 100 valence electrons. The number of hydrogen-bond donors (Lipinski definition) is 1. The summed E-state index contributed by atoms with van der Waals surface area (Å²) in [5, 5.41) is 4.32. The second kappa shape index (κ2) is 5.10. The second-order valence-electron chi connectivity index (χ2n) is 5.92. The summed E-state index contributed by atoms with van der Waals surface area (Å²) < 4.78 is 0. The molecule has 1 atom stereocenters. The lowest BCUT2D eigenvalue weighted by Gasteiger charge is -2.27. The Morgan fingerprint density at radius 1 is 1.16 bits per heavy atom. The fourth-order valence-corrected chi connectivity index (χ4v) is 3.68. The van der Waals surface area contributed by atoms with Gasteiger partial charge in [0.05, 0.1) is 0 Å². The Balaban J connectivity index is 1.88. The first-order valence-electron chi connectivity index (χ1n) is 7.07. The fourth-order valence-electron chi connectivity index (χ4n) is 3.01. The van der Waals surface area contributed by atoms with Crippen LogP contribution in [0.1, 0.15) is 42.0 Å². The van der Waals surface area contributed by atoms with Crippen LogP contribution < -0.4 is 5.73 Å². The highest BCUT2D eigenvalue weighted by Crippen LogP contribution is 2.29. The van der Waals surface area contributed by atoms with E-state index in [1.54, 1.807) is 11.3 Å². The third-order valence-electron chi connectivity index (χ3n) is 4.16. The lowest BCUT2D eigenvalue weighted by Crippen LogP contribution is -2.35. The van der Waals surface area contributed by atoms with Crippen LogP contribution in [-0.4, -0.2) is 0 Å². The van der Waals surface area contributed by atoms with Gasteiger partial charge in [-0.2, -0.15) is 11.3 Å². The van der Waals surface area contributed by atoms with E-state index < -0.39 is 0 Å². The number of aryl methyl sites for hydroxylation is 2. The number of hydrogen-bond acceptors (Lipinski definition) is 2. The Morgan fingerprint density at radius 2 is 1.95 bits per heavy atom. The maximum absolute atomic E-state index is 6.57. The van der Waals surface area contributed by atoms with E-state index in [2.05, 4.69) is 41.9 Å². The van der Waals surface area contributed by atoms with E-state index >= 15 is 0 Å². The number of benzene rings is 1. The zero-order valence-electron chi connectivity index (χ0n) is 11.5. The molecule has 0 saturated carbocycles. The van der Waals surface area contributed by atoms with Crippen molar-refractivity contribution in [2.24, 2.45) is 5.73 Å². The quantitative estimate of drug-likeness (QED) is 0.895. The van der Waals surface area contributed by atoms with Gasteiger partial charge in [0.25, 0.3) is 0 Å². The zero-order chi connectivity index (χ0) is 13.3. The van der Waals surface area contributed by atoms with Crippen molar-refractivity contribution >= 4 is 11.3 Å². The molecule has 0 saturated heterocycles. The standard InChI is InChI=1S/C17H21NS/c1-17(18,11-13-8-9-19-12-13)16-7-6-14-4-2-3-5-15(14)10-16/h6-10,12H,2-5,11,18H2,1H3. The lowest BCUT2D eigenvalue weighted by molar-refractivity contribution is 0.490. The molecule has 1 aliphatic carbocycles. The van der Waals surface area contributed by atoms with Gasteiger partial charge in [-0.3, -0.25) is 0 Å². The molecule has 1 aromatic heterocycles. The van der Waals surface area contributed by atoms with Crippen LogP contribution in [0.4, 0.5) is 0 Å². The van der Waals surface area contributed by atoms with Gasteiger partial charge in [-0.15, -0.1) is 0 Å². The molecule has 19 heavy (non-hydrogen) atoms. The molecule has 0 fully saturated rings. The predicted octanol–water partition coefficient (Wildman–Crippen LogP) is 4.04. The molecule has 2 N–H and O–H groups in total. The summed E-state index contributed by atoms with van der Waals surface area (Å²) in [7, 11) is 0. The Bertz CT molecular complexity index is 555. The van der Waals surface area contributed by atoms with Crippen molar-refractivity contribution in [3.63, 3.8) is 0 Å². The van der Waals surface area contributed by atoms with E-state index in [4.69, 9.17) is 5.73 Å². The minimum atomic E-state index is -0.270. The van der Waals surface area contributed by atoms with Crippen molar-refractivity contribution < 1.29 is 0 Å². The van der Waals surface area contributed by atoms with Crippen LogP contribution in [0.2, 0.25) is 0 Å². The number of thiophene rings is 1. The predicted molar refractivity (Wildman–Crippen MR) is 82.6 cm³/mol. The average molecular weight is 271 g/mol. The van der Waals surface area contributed by atoms with Gasteiger partial charge < -0.3 is 5.73 Å². The third-order valence-corrected chi connectivity index (χ3v) is 4.89. The SMILES string of the molecule is CC(N)(Cc1ccsc1)c1ccc2c(c1)CCCC2. The molecule has 1 unspecified atom stereocenters. The van der Waals surface area contributed by atoms with Crippen molar-refractivity contribution in [1.29, 1.82) is 0 Å². The Hall–Kier alpha value is -1.12. The molecule has 1 aromatic carbocycles. The fraction of sp³-hybridized carbons (Fsp3) is 0.412. The highest BCUT2D eigenvalue weighted by Gasteiger charge is 2.23. The monoisotopic (exact) mass is 271 g/mol. The maximum atomic E-state index is 6.57. The van der Waals surface area contributed by atoms with Gasteiger partial charge in [-0.05, 0) is 78.1 Å². The molecule has 1 nitrogen and oxygen atoms in total. The highest BCUT2D eigenvalue weighted by molar-refractivity contribution is 7.07. The van der Waals surface area contributed by atoms with E-state index in [-0.39, 0.29) is 5.54 Å². The number of nitrogens with two attached hydrogens (primary N) is 1. The molecule has 0 aliphatic heterocycles. The average Bonchev–Trinajstić information content (AvgIpc) is 2.90. The van der Waals surface area contributed by atoms with E-state index in [9.17, 15) is 0 Å². The van der Waals surface area contributed by atoms with Gasteiger partial charge in [0, 0.05) is 5.54 Å². The minimum absolute atomic E-state index is 0.270. The van der Waals surface area contributed by atoms with Gasteiger partial charge in [-0.1, -0.05) is 18.2 Å². The maximum Gasteiger partial charge on any atom is 0.0422 e. The smallest absolute Gasteiger partial charge is 0.0422 e. The summed E-state index contributed by atoms with van der Waals surface area (Å²) in [6, 6.07) is 9.05. The van der Waals surface area contributed by atoms with Crippen molar-refractivity contribution in [3.05, 3.63) is 57.3 Å². The highest BCUT2D eigenvalue weighted by atomic mass is 32.1. The normalized spacial score (nSPS) is 17.8. The first kappa shape index (κ1) is 12.9. The largest absolute Gasteiger partial charge is 0.321 e. The van der Waals surface area contributed by atoms with E-state index in [0.717, 1.165) is 6.42 Å².